The number of esters is 1. The zero-order valence-electron chi connectivity index (χ0n) is 9.01. The van der Waals surface area contributed by atoms with Crippen molar-refractivity contribution < 1.29 is 9.53 Å². The van der Waals surface area contributed by atoms with Crippen molar-refractivity contribution in [3.63, 3.8) is 0 Å². The second-order valence-electron chi connectivity index (χ2n) is 5.23. The molecule has 2 saturated carbocycles. The van der Waals surface area contributed by atoms with Gasteiger partial charge < -0.3 is 4.74 Å². The zero-order chi connectivity index (χ0) is 10.4. The van der Waals surface area contributed by atoms with Crippen LogP contribution in [0, 0.1) is 11.3 Å². The maximum absolute atomic E-state index is 11.3. The summed E-state index contributed by atoms with van der Waals surface area (Å²) in [6.07, 6.45) is 6.01. The third-order valence-electron chi connectivity index (χ3n) is 4.29. The molecule has 2 aliphatic carbocycles. The SMILES string of the molecule is C=CC(=O)OC1(C)CC2CCC1(C)C2. The van der Waals surface area contributed by atoms with Gasteiger partial charge in [-0.15, -0.1) is 0 Å². The van der Waals surface area contributed by atoms with Gasteiger partial charge in [-0.05, 0) is 38.5 Å². The highest BCUT2D eigenvalue weighted by atomic mass is 16.6. The summed E-state index contributed by atoms with van der Waals surface area (Å²) in [6, 6.07) is 0. The molecule has 2 bridgehead atoms. The van der Waals surface area contributed by atoms with Crippen LogP contribution in [0.4, 0.5) is 0 Å². The fourth-order valence-corrected chi connectivity index (χ4v) is 3.24. The molecule has 2 fully saturated rings. The molecule has 0 aromatic carbocycles. The van der Waals surface area contributed by atoms with Gasteiger partial charge in [0.05, 0.1) is 0 Å². The van der Waals surface area contributed by atoms with Gasteiger partial charge in [0.2, 0.25) is 0 Å². The highest BCUT2D eigenvalue weighted by molar-refractivity contribution is 5.81. The molecular formula is C12H18O2. The Morgan fingerprint density at radius 1 is 1.50 bits per heavy atom. The lowest BCUT2D eigenvalue weighted by Crippen LogP contribution is -2.43. The topological polar surface area (TPSA) is 26.3 Å². The number of hydrogen-bond donors (Lipinski definition) is 0. The van der Waals surface area contributed by atoms with Crippen molar-refractivity contribution in [1.82, 2.24) is 0 Å². The van der Waals surface area contributed by atoms with Gasteiger partial charge in [-0.3, -0.25) is 0 Å². The summed E-state index contributed by atoms with van der Waals surface area (Å²) in [4.78, 5) is 11.3. The molecule has 0 aromatic rings. The maximum Gasteiger partial charge on any atom is 0.330 e. The smallest absolute Gasteiger partial charge is 0.330 e. The lowest BCUT2D eigenvalue weighted by Gasteiger charge is -2.41. The van der Waals surface area contributed by atoms with Gasteiger partial charge in [0.1, 0.15) is 5.60 Å². The van der Waals surface area contributed by atoms with Crippen LogP contribution in [-0.2, 0) is 9.53 Å². The Morgan fingerprint density at radius 2 is 2.21 bits per heavy atom. The number of hydrogen-bond acceptors (Lipinski definition) is 2. The van der Waals surface area contributed by atoms with Crippen molar-refractivity contribution >= 4 is 5.97 Å². The van der Waals surface area contributed by atoms with Crippen molar-refractivity contribution in [3.8, 4) is 0 Å². The standard InChI is InChI=1S/C12H18O2/c1-4-10(13)14-12(3)8-9-5-6-11(12,2)7-9/h4,9H,1,5-8H2,2-3H3. The van der Waals surface area contributed by atoms with Crippen LogP contribution in [-0.4, -0.2) is 11.6 Å². The summed E-state index contributed by atoms with van der Waals surface area (Å²) in [5.74, 6) is 0.490. The van der Waals surface area contributed by atoms with Crippen molar-refractivity contribution in [2.75, 3.05) is 0 Å². The van der Waals surface area contributed by atoms with E-state index in [2.05, 4.69) is 20.4 Å². The van der Waals surface area contributed by atoms with Crippen molar-refractivity contribution in [2.24, 2.45) is 11.3 Å². The Balaban J connectivity index is 2.17. The largest absolute Gasteiger partial charge is 0.456 e. The van der Waals surface area contributed by atoms with E-state index in [9.17, 15) is 4.79 Å². The van der Waals surface area contributed by atoms with Crippen molar-refractivity contribution in [3.05, 3.63) is 12.7 Å². The molecule has 0 spiro atoms. The Kier molecular flexibility index (Phi) is 1.98. The Bertz CT molecular complexity index is 284. The van der Waals surface area contributed by atoms with E-state index in [0.717, 1.165) is 12.3 Å². The first-order valence-electron chi connectivity index (χ1n) is 5.34. The van der Waals surface area contributed by atoms with Gasteiger partial charge in [-0.1, -0.05) is 13.5 Å². The van der Waals surface area contributed by atoms with Gasteiger partial charge in [-0.25, -0.2) is 4.79 Å². The minimum Gasteiger partial charge on any atom is -0.456 e. The van der Waals surface area contributed by atoms with Crippen LogP contribution < -0.4 is 0 Å². The number of carbonyl (C=O) groups excluding carboxylic acids is 1. The Labute approximate surface area is 85.3 Å². The van der Waals surface area contributed by atoms with Crippen LogP contribution in [0.15, 0.2) is 12.7 Å². The number of carbonyl (C=O) groups is 1. The second-order valence-corrected chi connectivity index (χ2v) is 5.23. The molecule has 2 rings (SSSR count). The predicted octanol–water partition coefficient (Wildman–Crippen LogP) is 2.68. The molecule has 0 amide bonds. The zero-order valence-corrected chi connectivity index (χ0v) is 9.01. The molecular weight excluding hydrogens is 176 g/mol. The maximum atomic E-state index is 11.3. The van der Waals surface area contributed by atoms with E-state index in [-0.39, 0.29) is 17.0 Å². The van der Waals surface area contributed by atoms with Crippen molar-refractivity contribution in [2.45, 2.75) is 45.1 Å². The van der Waals surface area contributed by atoms with E-state index in [4.69, 9.17) is 4.74 Å². The summed E-state index contributed by atoms with van der Waals surface area (Å²) in [6.45, 7) is 7.77. The van der Waals surface area contributed by atoms with Gasteiger partial charge in [-0.2, -0.15) is 0 Å². The molecule has 0 saturated heterocycles. The first-order chi connectivity index (χ1) is 6.49. The molecule has 0 heterocycles. The van der Waals surface area contributed by atoms with Crippen molar-refractivity contribution in [1.29, 1.82) is 0 Å². The van der Waals surface area contributed by atoms with E-state index in [0.29, 0.717) is 0 Å². The highest BCUT2D eigenvalue weighted by Gasteiger charge is 2.58. The van der Waals surface area contributed by atoms with Gasteiger partial charge >= 0.3 is 5.97 Å². The van der Waals surface area contributed by atoms with Crippen LogP contribution in [0.5, 0.6) is 0 Å². The van der Waals surface area contributed by atoms with E-state index >= 15 is 0 Å². The number of ether oxygens (including phenoxy) is 1. The molecule has 2 heteroatoms. The molecule has 14 heavy (non-hydrogen) atoms. The van der Waals surface area contributed by atoms with Crippen LogP contribution in [0.3, 0.4) is 0 Å². The molecule has 0 aromatic heterocycles. The first-order valence-corrected chi connectivity index (χ1v) is 5.34. The summed E-state index contributed by atoms with van der Waals surface area (Å²) in [7, 11) is 0. The predicted molar refractivity (Wildman–Crippen MR) is 54.8 cm³/mol. The van der Waals surface area contributed by atoms with E-state index in [1.165, 1.54) is 25.3 Å². The third-order valence-corrected chi connectivity index (χ3v) is 4.29. The molecule has 2 aliphatic rings. The summed E-state index contributed by atoms with van der Waals surface area (Å²) < 4.78 is 5.53. The fourth-order valence-electron chi connectivity index (χ4n) is 3.24. The van der Waals surface area contributed by atoms with Crippen LogP contribution in [0.2, 0.25) is 0 Å². The number of rotatable bonds is 2. The molecule has 3 unspecified atom stereocenters. The highest BCUT2D eigenvalue weighted by Crippen LogP contribution is 2.60. The van der Waals surface area contributed by atoms with E-state index in [1.807, 2.05) is 0 Å². The van der Waals surface area contributed by atoms with Gasteiger partial charge in [0.15, 0.2) is 0 Å². The normalized spacial score (nSPS) is 45.1. The van der Waals surface area contributed by atoms with Gasteiger partial charge in [0, 0.05) is 11.5 Å². The molecule has 0 N–H and O–H groups in total. The molecule has 0 aliphatic heterocycles. The lowest BCUT2D eigenvalue weighted by atomic mass is 9.74. The quantitative estimate of drug-likeness (QED) is 0.499. The first kappa shape index (κ1) is 9.75. The third kappa shape index (κ3) is 1.20. The molecule has 0 radical (unpaired) electrons. The minimum absolute atomic E-state index is 0.205. The second kappa shape index (κ2) is 2.85. The Hall–Kier alpha value is -0.790. The molecule has 3 atom stereocenters. The lowest BCUT2D eigenvalue weighted by molar-refractivity contribution is -0.164. The van der Waals surface area contributed by atoms with E-state index in [1.54, 1.807) is 0 Å². The Morgan fingerprint density at radius 3 is 2.64 bits per heavy atom. The summed E-state index contributed by atoms with van der Waals surface area (Å²) in [5, 5.41) is 0. The van der Waals surface area contributed by atoms with E-state index < -0.39 is 0 Å². The minimum atomic E-state index is -0.277. The number of fused-ring (bicyclic) bond motifs is 2. The van der Waals surface area contributed by atoms with Crippen LogP contribution in [0.1, 0.15) is 39.5 Å². The van der Waals surface area contributed by atoms with Gasteiger partial charge in [0.25, 0.3) is 0 Å². The van der Waals surface area contributed by atoms with Crippen LogP contribution in [0.25, 0.3) is 0 Å². The summed E-state index contributed by atoms with van der Waals surface area (Å²) in [5.41, 5.74) is -0.0441. The summed E-state index contributed by atoms with van der Waals surface area (Å²) >= 11 is 0. The average Bonchev–Trinajstić information content (AvgIpc) is 2.57. The average molecular weight is 194 g/mol. The van der Waals surface area contributed by atoms with Crippen LogP contribution >= 0.6 is 0 Å². The fraction of sp³-hybridized carbons (Fsp3) is 0.750. The monoisotopic (exact) mass is 194 g/mol. The molecule has 78 valence electrons. The molecule has 2 nitrogen and oxygen atoms in total.